The van der Waals surface area contributed by atoms with Crippen molar-refractivity contribution in [1.29, 1.82) is 5.26 Å². The molecule has 3 aromatic rings. The molecule has 2 unspecified atom stereocenters. The Labute approximate surface area is 203 Å². The largest absolute Gasteiger partial charge is 0.489 e. The fraction of sp³-hybridized carbons (Fsp3) is 0.231. The maximum Gasteiger partial charge on any atom is 0.252 e. The van der Waals surface area contributed by atoms with Gasteiger partial charge in [0.2, 0.25) is 0 Å². The van der Waals surface area contributed by atoms with Crippen molar-refractivity contribution in [3.8, 4) is 17.6 Å². The molecule has 1 amide bonds. The Morgan fingerprint density at radius 2 is 1.68 bits per heavy atom. The van der Waals surface area contributed by atoms with Gasteiger partial charge in [-0.2, -0.15) is 5.26 Å². The Bertz CT molecular complexity index is 1210. The highest BCUT2D eigenvalue weighted by Crippen LogP contribution is 2.26. The average molecular weight is 477 g/mol. The van der Waals surface area contributed by atoms with Gasteiger partial charge < -0.3 is 20.5 Å². The van der Waals surface area contributed by atoms with Gasteiger partial charge in [0.05, 0.1) is 24.0 Å². The van der Waals surface area contributed by atoms with Crippen molar-refractivity contribution >= 4 is 17.5 Å². The lowest BCUT2D eigenvalue weighted by atomic mass is 10.1. The highest BCUT2D eigenvalue weighted by Gasteiger charge is 2.23. The van der Waals surface area contributed by atoms with Gasteiger partial charge in [0.15, 0.2) is 0 Å². The van der Waals surface area contributed by atoms with Crippen LogP contribution < -0.4 is 25.8 Å². The summed E-state index contributed by atoms with van der Waals surface area (Å²) in [5, 5.41) is 16.0. The number of nitrogens with one attached hydrogen (secondary N) is 2. The van der Waals surface area contributed by atoms with Crippen molar-refractivity contribution in [2.45, 2.75) is 38.4 Å². The molecule has 0 radical (unpaired) electrons. The van der Waals surface area contributed by atoms with E-state index >= 15 is 0 Å². The zero-order valence-electron chi connectivity index (χ0n) is 18.5. The Balaban J connectivity index is 1.54. The molecule has 4 rings (SSSR count). The zero-order chi connectivity index (χ0) is 23.9. The molecule has 1 aliphatic heterocycles. The van der Waals surface area contributed by atoms with Gasteiger partial charge in [0.1, 0.15) is 24.7 Å². The summed E-state index contributed by atoms with van der Waals surface area (Å²) in [5.41, 5.74) is 8.39. The molecule has 0 bridgehead atoms. The summed E-state index contributed by atoms with van der Waals surface area (Å²) in [7, 11) is 0. The van der Waals surface area contributed by atoms with E-state index in [1.165, 1.54) is 0 Å². The third-order valence-corrected chi connectivity index (χ3v) is 5.88. The monoisotopic (exact) mass is 476 g/mol. The molecular weight excluding hydrogens is 452 g/mol. The van der Waals surface area contributed by atoms with Crippen molar-refractivity contribution in [3.63, 3.8) is 0 Å². The van der Waals surface area contributed by atoms with Gasteiger partial charge in [-0.05, 0) is 37.1 Å². The smallest absolute Gasteiger partial charge is 0.252 e. The minimum Gasteiger partial charge on any atom is -0.489 e. The first-order chi connectivity index (χ1) is 16.5. The van der Waals surface area contributed by atoms with Gasteiger partial charge in [-0.25, -0.2) is 0 Å². The number of carbonyl (C=O) groups excluding carboxylic acids is 1. The molecule has 34 heavy (non-hydrogen) atoms. The second-order valence-corrected chi connectivity index (χ2v) is 8.41. The Morgan fingerprint density at radius 3 is 2.32 bits per heavy atom. The van der Waals surface area contributed by atoms with E-state index in [1.807, 2.05) is 30.3 Å². The quantitative estimate of drug-likeness (QED) is 0.451. The third-order valence-electron chi connectivity index (χ3n) is 5.51. The maximum atomic E-state index is 12.9. The highest BCUT2D eigenvalue weighted by molar-refractivity contribution is 6.31. The molecule has 174 valence electrons. The summed E-state index contributed by atoms with van der Waals surface area (Å²) in [4.78, 5) is 12.9. The second kappa shape index (κ2) is 11.0. The fourth-order valence-electron chi connectivity index (χ4n) is 3.69. The molecule has 1 saturated heterocycles. The van der Waals surface area contributed by atoms with Crippen LogP contribution in [-0.2, 0) is 13.2 Å². The lowest BCUT2D eigenvalue weighted by Crippen LogP contribution is -2.46. The number of nitrogens with two attached hydrogens (primary N) is 1. The van der Waals surface area contributed by atoms with Crippen LogP contribution in [0.4, 0.5) is 0 Å². The molecule has 3 aromatic carbocycles. The molecule has 2 atom stereocenters. The van der Waals surface area contributed by atoms with Gasteiger partial charge in [0, 0.05) is 27.8 Å². The van der Waals surface area contributed by atoms with Gasteiger partial charge >= 0.3 is 0 Å². The maximum absolute atomic E-state index is 12.9. The van der Waals surface area contributed by atoms with Crippen LogP contribution in [0.5, 0.6) is 11.5 Å². The van der Waals surface area contributed by atoms with Crippen molar-refractivity contribution in [1.82, 2.24) is 10.6 Å². The number of carbonyl (C=O) groups is 1. The number of halogens is 1. The first kappa shape index (κ1) is 23.6. The molecule has 7 nitrogen and oxygen atoms in total. The Hall–Kier alpha value is -3.57. The molecule has 0 aromatic heterocycles. The first-order valence-electron chi connectivity index (χ1n) is 11.0. The molecule has 0 saturated carbocycles. The topological polar surface area (TPSA) is 109 Å². The molecule has 1 heterocycles. The Kier molecular flexibility index (Phi) is 7.65. The van der Waals surface area contributed by atoms with E-state index in [4.69, 9.17) is 26.8 Å². The first-order valence-corrected chi connectivity index (χ1v) is 11.3. The predicted molar refractivity (Wildman–Crippen MR) is 129 cm³/mol. The molecule has 0 spiro atoms. The number of hydrogen-bond acceptors (Lipinski definition) is 6. The minimum atomic E-state index is -0.267. The number of rotatable bonds is 8. The summed E-state index contributed by atoms with van der Waals surface area (Å²) >= 11 is 6.24. The SMILES string of the molecule is N#Cc1ccccc1COc1cc(OCc2ccccc2Cl)cc(C(=O)NC2CCC(N)N2)c1. The number of nitriles is 1. The van der Waals surface area contributed by atoms with Crippen LogP contribution in [0.1, 0.15) is 39.9 Å². The summed E-state index contributed by atoms with van der Waals surface area (Å²) in [6.07, 6.45) is 1.22. The number of amides is 1. The van der Waals surface area contributed by atoms with Crippen LogP contribution in [0, 0.1) is 11.3 Å². The summed E-state index contributed by atoms with van der Waals surface area (Å²) in [6, 6.07) is 21.8. The molecule has 1 aliphatic rings. The van der Waals surface area contributed by atoms with Crippen molar-refractivity contribution in [3.05, 3.63) is 94.0 Å². The minimum absolute atomic E-state index is 0.130. The van der Waals surface area contributed by atoms with Crippen LogP contribution in [0.3, 0.4) is 0 Å². The van der Waals surface area contributed by atoms with E-state index in [9.17, 15) is 10.1 Å². The zero-order valence-corrected chi connectivity index (χ0v) is 19.2. The van der Waals surface area contributed by atoms with Gasteiger partial charge in [-0.1, -0.05) is 48.0 Å². The predicted octanol–water partition coefficient (Wildman–Crippen LogP) is 4.09. The molecule has 1 fully saturated rings. The molecular formula is C26H25ClN4O3. The van der Waals surface area contributed by atoms with Crippen LogP contribution >= 0.6 is 11.6 Å². The van der Waals surface area contributed by atoms with E-state index in [0.29, 0.717) is 27.6 Å². The lowest BCUT2D eigenvalue weighted by Gasteiger charge is -2.16. The number of ether oxygens (including phenoxy) is 2. The summed E-state index contributed by atoms with van der Waals surface area (Å²) in [6.45, 7) is 0.415. The number of nitrogens with zero attached hydrogens (tertiary/aromatic N) is 1. The van der Waals surface area contributed by atoms with E-state index in [2.05, 4.69) is 16.7 Å². The van der Waals surface area contributed by atoms with E-state index in [0.717, 1.165) is 24.0 Å². The molecule has 4 N–H and O–H groups in total. The van der Waals surface area contributed by atoms with Crippen molar-refractivity contribution in [2.24, 2.45) is 5.73 Å². The second-order valence-electron chi connectivity index (χ2n) is 8.01. The van der Waals surface area contributed by atoms with Crippen LogP contribution in [0.15, 0.2) is 66.7 Å². The van der Waals surface area contributed by atoms with E-state index < -0.39 is 0 Å². The van der Waals surface area contributed by atoms with Crippen LogP contribution in [0.2, 0.25) is 5.02 Å². The average Bonchev–Trinajstić information content (AvgIpc) is 3.26. The van der Waals surface area contributed by atoms with Gasteiger partial charge in [-0.3, -0.25) is 10.1 Å². The normalized spacial score (nSPS) is 17.1. The highest BCUT2D eigenvalue weighted by atomic mass is 35.5. The van der Waals surface area contributed by atoms with Crippen LogP contribution in [-0.4, -0.2) is 18.2 Å². The standard InChI is InChI=1S/C26H25ClN4O3/c27-23-8-4-3-7-19(23)16-34-22-12-20(26(32)31-25-10-9-24(29)30-25)11-21(13-22)33-15-18-6-2-1-5-17(18)14-28/h1-8,11-13,24-25,30H,9-10,15-16,29H2,(H,31,32). The molecule has 0 aliphatic carbocycles. The van der Waals surface area contributed by atoms with Crippen molar-refractivity contribution in [2.75, 3.05) is 0 Å². The van der Waals surface area contributed by atoms with Gasteiger partial charge in [-0.15, -0.1) is 0 Å². The fourth-order valence-corrected chi connectivity index (χ4v) is 3.88. The molecule has 8 heteroatoms. The van der Waals surface area contributed by atoms with Gasteiger partial charge in [0.25, 0.3) is 5.91 Å². The van der Waals surface area contributed by atoms with E-state index in [1.54, 1.807) is 36.4 Å². The summed E-state index contributed by atoms with van der Waals surface area (Å²) in [5.74, 6) is 0.648. The van der Waals surface area contributed by atoms with Crippen LogP contribution in [0.25, 0.3) is 0 Å². The number of benzene rings is 3. The third kappa shape index (κ3) is 6.06. The number of hydrogen-bond donors (Lipinski definition) is 3. The van der Waals surface area contributed by atoms with E-state index in [-0.39, 0.29) is 31.5 Å². The van der Waals surface area contributed by atoms with Crippen molar-refractivity contribution < 1.29 is 14.3 Å². The Morgan fingerprint density at radius 1 is 1.03 bits per heavy atom. The lowest BCUT2D eigenvalue weighted by molar-refractivity contribution is 0.0931. The summed E-state index contributed by atoms with van der Waals surface area (Å²) < 4.78 is 11.9.